The van der Waals surface area contributed by atoms with Gasteiger partial charge in [-0.2, -0.15) is 5.10 Å². The Balaban J connectivity index is 1.49. The van der Waals surface area contributed by atoms with Gasteiger partial charge in [0.1, 0.15) is 10.9 Å². The van der Waals surface area contributed by atoms with Crippen LogP contribution in [-0.4, -0.2) is 36.2 Å². The van der Waals surface area contributed by atoms with Crippen LogP contribution >= 0.6 is 11.6 Å². The number of hydrogen-bond acceptors (Lipinski definition) is 5. The van der Waals surface area contributed by atoms with E-state index < -0.39 is 5.91 Å². The molecule has 1 heterocycles. The van der Waals surface area contributed by atoms with E-state index in [2.05, 4.69) is 27.8 Å². The molecular formula is C24H25ClN4O3. The Morgan fingerprint density at radius 1 is 1.16 bits per heavy atom. The molecule has 1 aromatic heterocycles. The molecule has 2 aromatic carbocycles. The van der Waals surface area contributed by atoms with Crippen LogP contribution in [0.25, 0.3) is 10.9 Å². The highest BCUT2D eigenvalue weighted by atomic mass is 35.5. The van der Waals surface area contributed by atoms with Crippen LogP contribution in [-0.2, 0) is 4.79 Å². The first-order valence-corrected chi connectivity index (χ1v) is 10.7. The summed E-state index contributed by atoms with van der Waals surface area (Å²) in [4.78, 5) is 28.6. The summed E-state index contributed by atoms with van der Waals surface area (Å²) in [7, 11) is 0. The van der Waals surface area contributed by atoms with Gasteiger partial charge in [-0.25, -0.2) is 10.4 Å². The van der Waals surface area contributed by atoms with Crippen molar-refractivity contribution in [2.24, 2.45) is 5.10 Å². The smallest absolute Gasteiger partial charge is 0.259 e. The number of nitrogens with zero attached hydrogens (tertiary/aromatic N) is 2. The van der Waals surface area contributed by atoms with Crippen LogP contribution in [0.1, 0.15) is 41.3 Å². The first-order chi connectivity index (χ1) is 15.5. The predicted molar refractivity (Wildman–Crippen MR) is 126 cm³/mol. The summed E-state index contributed by atoms with van der Waals surface area (Å²) in [6, 6.07) is 14.5. The standard InChI is InChI=1S/C24H25ClN4O3/c1-3-4-11-32-20-9-7-17(8-10-20)24(31)26-15-22(30)29-27-14-19-13-18-6-5-16(2)12-21(18)28-23(19)25/h5-10,12-14H,3-4,11,15H2,1-2H3,(H,26,31)(H,29,30)/b27-14-. The number of amides is 2. The molecule has 7 nitrogen and oxygen atoms in total. The van der Waals surface area contributed by atoms with Gasteiger partial charge in [-0.15, -0.1) is 0 Å². The van der Waals surface area contributed by atoms with Gasteiger partial charge in [0.25, 0.3) is 11.8 Å². The number of hydrogen-bond donors (Lipinski definition) is 2. The molecule has 2 amide bonds. The van der Waals surface area contributed by atoms with Crippen molar-refractivity contribution in [3.8, 4) is 5.75 Å². The average Bonchev–Trinajstić information content (AvgIpc) is 2.78. The third kappa shape index (κ3) is 6.52. The molecular weight excluding hydrogens is 428 g/mol. The molecule has 166 valence electrons. The van der Waals surface area contributed by atoms with Crippen molar-refractivity contribution in [2.75, 3.05) is 13.2 Å². The van der Waals surface area contributed by atoms with E-state index in [1.165, 1.54) is 6.21 Å². The molecule has 0 aliphatic carbocycles. The summed E-state index contributed by atoms with van der Waals surface area (Å²) in [5, 5.41) is 7.67. The number of fused-ring (bicyclic) bond motifs is 1. The number of pyridine rings is 1. The molecule has 0 unspecified atom stereocenters. The number of benzene rings is 2. The lowest BCUT2D eigenvalue weighted by Gasteiger charge is -2.07. The Morgan fingerprint density at radius 2 is 1.94 bits per heavy atom. The second-order valence-electron chi connectivity index (χ2n) is 7.27. The van der Waals surface area contributed by atoms with Gasteiger partial charge >= 0.3 is 0 Å². The minimum atomic E-state index is -0.463. The monoisotopic (exact) mass is 452 g/mol. The van der Waals surface area contributed by atoms with Gasteiger partial charge in [0, 0.05) is 16.5 Å². The van der Waals surface area contributed by atoms with Crippen LogP contribution in [0.3, 0.4) is 0 Å². The van der Waals surface area contributed by atoms with E-state index in [1.807, 2.05) is 31.2 Å². The SMILES string of the molecule is CCCCOc1ccc(C(=O)NCC(=O)N/N=C\c2cc3ccc(C)cc3nc2Cl)cc1. The van der Waals surface area contributed by atoms with Crippen molar-refractivity contribution in [3.05, 3.63) is 70.4 Å². The van der Waals surface area contributed by atoms with Crippen molar-refractivity contribution in [1.29, 1.82) is 0 Å². The zero-order valence-corrected chi connectivity index (χ0v) is 18.8. The van der Waals surface area contributed by atoms with Gasteiger partial charge < -0.3 is 10.1 Å². The minimum Gasteiger partial charge on any atom is -0.494 e. The number of carbonyl (C=O) groups is 2. The quantitative estimate of drug-likeness (QED) is 0.219. The molecule has 8 heteroatoms. The summed E-state index contributed by atoms with van der Waals surface area (Å²) >= 11 is 6.21. The summed E-state index contributed by atoms with van der Waals surface area (Å²) in [6.45, 7) is 4.50. The lowest BCUT2D eigenvalue weighted by atomic mass is 10.1. The molecule has 0 spiro atoms. The van der Waals surface area contributed by atoms with Gasteiger partial charge in [0.05, 0.1) is 24.9 Å². The van der Waals surface area contributed by atoms with Crippen LogP contribution in [0.15, 0.2) is 53.6 Å². The molecule has 3 rings (SSSR count). The number of carbonyl (C=O) groups excluding carboxylic acids is 2. The van der Waals surface area contributed by atoms with Gasteiger partial charge in [0.15, 0.2) is 0 Å². The van der Waals surface area contributed by atoms with E-state index in [0.717, 1.165) is 29.3 Å². The van der Waals surface area contributed by atoms with E-state index in [-0.39, 0.29) is 17.6 Å². The maximum Gasteiger partial charge on any atom is 0.259 e. The number of aromatic nitrogens is 1. The first kappa shape index (κ1) is 23.2. The largest absolute Gasteiger partial charge is 0.494 e. The number of aryl methyl sites for hydroxylation is 1. The topological polar surface area (TPSA) is 92.7 Å². The van der Waals surface area contributed by atoms with Crippen molar-refractivity contribution in [3.63, 3.8) is 0 Å². The third-order valence-corrected chi connectivity index (χ3v) is 4.94. The van der Waals surface area contributed by atoms with Crippen LogP contribution in [0.5, 0.6) is 5.75 Å². The molecule has 0 aliphatic heterocycles. The maximum absolute atomic E-state index is 12.2. The van der Waals surface area contributed by atoms with E-state index in [9.17, 15) is 9.59 Å². The minimum absolute atomic E-state index is 0.214. The van der Waals surface area contributed by atoms with Crippen molar-refractivity contribution < 1.29 is 14.3 Å². The zero-order valence-electron chi connectivity index (χ0n) is 18.0. The molecule has 3 aromatic rings. The van der Waals surface area contributed by atoms with Gasteiger partial charge in [-0.1, -0.05) is 37.1 Å². The zero-order chi connectivity index (χ0) is 22.9. The Kier molecular flexibility index (Phi) is 8.16. The molecule has 0 fully saturated rings. The summed E-state index contributed by atoms with van der Waals surface area (Å²) in [6.07, 6.45) is 3.45. The Bertz CT molecular complexity index is 1130. The Morgan fingerprint density at radius 3 is 2.69 bits per heavy atom. The second-order valence-corrected chi connectivity index (χ2v) is 7.62. The number of nitrogens with one attached hydrogen (secondary N) is 2. The fraction of sp³-hybridized carbons (Fsp3) is 0.250. The van der Waals surface area contributed by atoms with Gasteiger partial charge in [-0.05, 0) is 55.3 Å². The highest BCUT2D eigenvalue weighted by molar-refractivity contribution is 6.32. The molecule has 0 bridgehead atoms. The third-order valence-electron chi connectivity index (χ3n) is 4.64. The lowest BCUT2D eigenvalue weighted by molar-refractivity contribution is -0.120. The normalized spacial score (nSPS) is 11.0. The highest BCUT2D eigenvalue weighted by Gasteiger charge is 2.08. The van der Waals surface area contributed by atoms with Crippen LogP contribution in [0.2, 0.25) is 5.15 Å². The first-order valence-electron chi connectivity index (χ1n) is 10.4. The van der Waals surface area contributed by atoms with Gasteiger partial charge in [-0.3, -0.25) is 9.59 Å². The fourth-order valence-corrected chi connectivity index (χ4v) is 3.07. The molecule has 0 saturated heterocycles. The van der Waals surface area contributed by atoms with E-state index in [4.69, 9.17) is 16.3 Å². The Hall–Kier alpha value is -3.45. The lowest BCUT2D eigenvalue weighted by Crippen LogP contribution is -2.34. The number of unbranched alkanes of at least 4 members (excludes halogenated alkanes) is 1. The van der Waals surface area contributed by atoms with Crippen LogP contribution in [0.4, 0.5) is 0 Å². The molecule has 32 heavy (non-hydrogen) atoms. The van der Waals surface area contributed by atoms with E-state index in [0.29, 0.717) is 23.5 Å². The molecule has 0 saturated carbocycles. The predicted octanol–water partition coefficient (Wildman–Crippen LogP) is 4.26. The van der Waals surface area contributed by atoms with E-state index in [1.54, 1.807) is 24.3 Å². The second kappa shape index (κ2) is 11.2. The van der Waals surface area contributed by atoms with Gasteiger partial charge in [0.2, 0.25) is 0 Å². The van der Waals surface area contributed by atoms with E-state index >= 15 is 0 Å². The van der Waals surface area contributed by atoms with Crippen molar-refractivity contribution >= 4 is 40.5 Å². The number of halogens is 1. The molecule has 0 radical (unpaired) electrons. The number of ether oxygens (including phenoxy) is 1. The average molecular weight is 453 g/mol. The summed E-state index contributed by atoms with van der Waals surface area (Å²) in [5.41, 5.74) is 5.27. The highest BCUT2D eigenvalue weighted by Crippen LogP contribution is 2.20. The van der Waals surface area contributed by atoms with Crippen molar-refractivity contribution in [1.82, 2.24) is 15.7 Å². The van der Waals surface area contributed by atoms with Crippen LogP contribution in [0, 0.1) is 6.92 Å². The fourth-order valence-electron chi connectivity index (χ4n) is 2.87. The molecule has 2 N–H and O–H groups in total. The molecule has 0 atom stereocenters. The van der Waals surface area contributed by atoms with Crippen molar-refractivity contribution in [2.45, 2.75) is 26.7 Å². The summed E-state index contributed by atoms with van der Waals surface area (Å²) in [5.74, 6) is -0.116. The number of hydrazone groups is 1. The summed E-state index contributed by atoms with van der Waals surface area (Å²) < 4.78 is 5.57. The Labute approximate surface area is 191 Å². The van der Waals surface area contributed by atoms with Crippen LogP contribution < -0.4 is 15.5 Å². The number of rotatable bonds is 9. The maximum atomic E-state index is 12.2. The molecule has 0 aliphatic rings.